The zero-order chi connectivity index (χ0) is 21.3. The molecule has 2 unspecified atom stereocenters. The molecule has 2 N–H and O–H groups in total. The number of H-pyrrole nitrogens is 1. The van der Waals surface area contributed by atoms with Gasteiger partial charge in [0.1, 0.15) is 11.4 Å². The van der Waals surface area contributed by atoms with E-state index in [0.29, 0.717) is 36.4 Å². The highest BCUT2D eigenvalue weighted by atomic mass is 19.1. The zero-order valence-corrected chi connectivity index (χ0v) is 17.3. The van der Waals surface area contributed by atoms with E-state index >= 15 is 0 Å². The van der Waals surface area contributed by atoms with Gasteiger partial charge in [0.25, 0.3) is 11.5 Å². The van der Waals surface area contributed by atoms with Crippen LogP contribution in [0.5, 0.6) is 0 Å². The molecule has 1 aliphatic carbocycles. The first-order chi connectivity index (χ1) is 14.5. The van der Waals surface area contributed by atoms with E-state index in [1.54, 1.807) is 25.3 Å². The van der Waals surface area contributed by atoms with Crippen molar-refractivity contribution < 1.29 is 9.18 Å². The van der Waals surface area contributed by atoms with E-state index in [-0.39, 0.29) is 11.3 Å². The lowest BCUT2D eigenvalue weighted by atomic mass is 10.0. The molecule has 1 saturated heterocycles. The van der Waals surface area contributed by atoms with Crippen LogP contribution >= 0.6 is 0 Å². The minimum Gasteiger partial charge on any atom is -0.365 e. The smallest absolute Gasteiger partial charge is 0.269 e. The van der Waals surface area contributed by atoms with E-state index in [4.69, 9.17) is 0 Å². The number of hydrogen-bond donors (Lipinski definition) is 2. The highest BCUT2D eigenvalue weighted by Crippen LogP contribution is 2.36. The Morgan fingerprint density at radius 3 is 2.67 bits per heavy atom. The third kappa shape index (κ3) is 4.07. The average molecular weight is 414 g/mol. The summed E-state index contributed by atoms with van der Waals surface area (Å²) in [5.41, 5.74) is 1.83. The number of nitrogens with zero attached hydrogens (tertiary/aromatic N) is 4. The fourth-order valence-corrected chi connectivity index (χ4v) is 4.50. The number of piperazine rings is 1. The number of hydrogen-bond acceptors (Lipinski definition) is 6. The monoisotopic (exact) mass is 414 g/mol. The highest BCUT2D eigenvalue weighted by molar-refractivity contribution is 5.92. The molecule has 4 rings (SSSR count). The molecule has 1 amide bonds. The number of aromatic amines is 1. The Hall–Kier alpha value is -2.81. The number of carbonyl (C=O) groups excluding carboxylic acids is 1. The van der Waals surface area contributed by atoms with E-state index in [9.17, 15) is 14.0 Å². The summed E-state index contributed by atoms with van der Waals surface area (Å²) in [6, 6.07) is 3.65. The van der Waals surface area contributed by atoms with Gasteiger partial charge in [-0.1, -0.05) is 0 Å². The highest BCUT2D eigenvalue weighted by Gasteiger charge is 2.33. The number of anilines is 1. The number of aryl methyl sites for hydroxylation is 1. The van der Waals surface area contributed by atoms with E-state index < -0.39 is 11.9 Å². The summed E-state index contributed by atoms with van der Waals surface area (Å²) in [6.07, 6.45) is 4.90. The van der Waals surface area contributed by atoms with Gasteiger partial charge in [-0.3, -0.25) is 19.5 Å². The maximum atomic E-state index is 14.4. The van der Waals surface area contributed by atoms with Gasteiger partial charge < -0.3 is 15.2 Å². The number of nitrogens with one attached hydrogen (secondary N) is 2. The van der Waals surface area contributed by atoms with Gasteiger partial charge in [0, 0.05) is 57.1 Å². The van der Waals surface area contributed by atoms with Crippen molar-refractivity contribution in [1.82, 2.24) is 25.2 Å². The molecule has 2 aromatic heterocycles. The maximum absolute atomic E-state index is 14.4. The molecule has 0 bridgehead atoms. The lowest BCUT2D eigenvalue weighted by Crippen LogP contribution is -2.50. The summed E-state index contributed by atoms with van der Waals surface area (Å²) in [7, 11) is 1.50. The van der Waals surface area contributed by atoms with Gasteiger partial charge in [0.2, 0.25) is 5.95 Å². The van der Waals surface area contributed by atoms with E-state index in [2.05, 4.69) is 25.2 Å². The van der Waals surface area contributed by atoms with Crippen LogP contribution in [-0.4, -0.2) is 65.0 Å². The Morgan fingerprint density at radius 2 is 2.00 bits per heavy atom. The molecular formula is C21H27FN6O2. The molecule has 2 atom stereocenters. The quantitative estimate of drug-likeness (QED) is 0.735. The standard InChI is InChI=1S/C21H27FN6O2/c1-13-20(29)26-17(12-24-13)14-3-4-15(11-14)27-7-9-28(10-8-27)18-6-5-16(21(30)23-2)25-19(18)22/h5-6,12,14-15H,3-4,7-11H2,1-2H3,(H,23,30)(H,26,29). The second kappa shape index (κ2) is 8.51. The molecule has 9 heteroatoms. The summed E-state index contributed by atoms with van der Waals surface area (Å²) in [5.74, 6) is -0.680. The topological polar surface area (TPSA) is 94.2 Å². The molecule has 0 radical (unpaired) electrons. The zero-order valence-electron chi connectivity index (χ0n) is 17.3. The summed E-state index contributed by atoms with van der Waals surface area (Å²) in [4.78, 5) is 38.9. The van der Waals surface area contributed by atoms with Crippen molar-refractivity contribution in [2.45, 2.75) is 38.1 Å². The van der Waals surface area contributed by atoms with Crippen LogP contribution in [0.2, 0.25) is 0 Å². The van der Waals surface area contributed by atoms with Crippen molar-refractivity contribution in [1.29, 1.82) is 0 Å². The largest absolute Gasteiger partial charge is 0.365 e. The van der Waals surface area contributed by atoms with Gasteiger partial charge >= 0.3 is 0 Å². The van der Waals surface area contributed by atoms with Crippen LogP contribution in [0.1, 0.15) is 47.1 Å². The normalized spacial score (nSPS) is 22.3. The first kappa shape index (κ1) is 20.5. The van der Waals surface area contributed by atoms with Crippen molar-refractivity contribution in [3.63, 3.8) is 0 Å². The molecule has 2 aliphatic rings. The molecule has 3 heterocycles. The Kier molecular flexibility index (Phi) is 5.80. The van der Waals surface area contributed by atoms with Gasteiger partial charge in [0.15, 0.2) is 0 Å². The van der Waals surface area contributed by atoms with Crippen LogP contribution in [0.4, 0.5) is 10.1 Å². The van der Waals surface area contributed by atoms with Crippen LogP contribution < -0.4 is 15.8 Å². The summed E-state index contributed by atoms with van der Waals surface area (Å²) in [5, 5.41) is 2.45. The van der Waals surface area contributed by atoms with Crippen molar-refractivity contribution >= 4 is 11.6 Å². The molecule has 0 spiro atoms. The van der Waals surface area contributed by atoms with Crippen molar-refractivity contribution in [2.24, 2.45) is 0 Å². The number of aromatic nitrogens is 3. The third-order valence-electron chi connectivity index (χ3n) is 6.29. The first-order valence-corrected chi connectivity index (χ1v) is 10.4. The van der Waals surface area contributed by atoms with Crippen molar-refractivity contribution in [3.05, 3.63) is 51.7 Å². The summed E-state index contributed by atoms with van der Waals surface area (Å²) < 4.78 is 14.4. The maximum Gasteiger partial charge on any atom is 0.269 e. The predicted octanol–water partition coefficient (Wildman–Crippen LogP) is 1.43. The Labute approximate surface area is 174 Å². The fourth-order valence-electron chi connectivity index (χ4n) is 4.50. The van der Waals surface area contributed by atoms with E-state index in [1.165, 1.54) is 7.05 Å². The van der Waals surface area contributed by atoms with Gasteiger partial charge in [0.05, 0.1) is 5.69 Å². The lowest BCUT2D eigenvalue weighted by molar-refractivity contribution is 0.0957. The summed E-state index contributed by atoms with van der Waals surface area (Å²) in [6.45, 7) is 4.82. The summed E-state index contributed by atoms with van der Waals surface area (Å²) >= 11 is 0. The molecule has 0 aromatic carbocycles. The Balaban J connectivity index is 1.35. The number of halogens is 1. The second-order valence-corrected chi connectivity index (χ2v) is 8.03. The minimum atomic E-state index is -0.610. The van der Waals surface area contributed by atoms with Crippen LogP contribution in [0, 0.1) is 12.9 Å². The number of carbonyl (C=O) groups is 1. The van der Waals surface area contributed by atoms with Crippen LogP contribution in [0.3, 0.4) is 0 Å². The molecule has 1 saturated carbocycles. The number of pyridine rings is 1. The SMILES string of the molecule is CNC(=O)c1ccc(N2CCN(C3CCC(c4cnc(C)c(=O)[nH]4)C3)CC2)c(F)n1. The van der Waals surface area contributed by atoms with Crippen LogP contribution in [0.25, 0.3) is 0 Å². The molecule has 1 aliphatic heterocycles. The Bertz CT molecular complexity index is 986. The van der Waals surface area contributed by atoms with Gasteiger partial charge in [-0.05, 0) is 38.3 Å². The minimum absolute atomic E-state index is 0.0815. The predicted molar refractivity (Wildman–Crippen MR) is 111 cm³/mol. The molecule has 2 fully saturated rings. The molecule has 160 valence electrons. The Morgan fingerprint density at radius 1 is 1.23 bits per heavy atom. The van der Waals surface area contributed by atoms with Crippen molar-refractivity contribution in [2.75, 3.05) is 38.1 Å². The van der Waals surface area contributed by atoms with E-state index in [1.807, 2.05) is 4.90 Å². The van der Waals surface area contributed by atoms with Crippen LogP contribution in [0.15, 0.2) is 23.1 Å². The van der Waals surface area contributed by atoms with E-state index in [0.717, 1.165) is 38.0 Å². The first-order valence-electron chi connectivity index (χ1n) is 10.4. The molecule has 2 aromatic rings. The lowest BCUT2D eigenvalue weighted by Gasteiger charge is -2.39. The van der Waals surface area contributed by atoms with Gasteiger partial charge in [-0.25, -0.2) is 4.98 Å². The number of amides is 1. The average Bonchev–Trinajstić information content (AvgIpc) is 3.25. The van der Waals surface area contributed by atoms with Crippen molar-refractivity contribution in [3.8, 4) is 0 Å². The fraction of sp³-hybridized carbons (Fsp3) is 0.524. The second-order valence-electron chi connectivity index (χ2n) is 8.03. The molecule has 8 nitrogen and oxygen atoms in total. The number of rotatable bonds is 4. The molecular weight excluding hydrogens is 387 g/mol. The van der Waals surface area contributed by atoms with Gasteiger partial charge in [-0.15, -0.1) is 0 Å². The third-order valence-corrected chi connectivity index (χ3v) is 6.29. The van der Waals surface area contributed by atoms with Gasteiger partial charge in [-0.2, -0.15) is 4.39 Å². The molecule has 30 heavy (non-hydrogen) atoms. The van der Waals surface area contributed by atoms with Crippen LogP contribution in [-0.2, 0) is 0 Å².